The Labute approximate surface area is 187 Å². The number of hydrogen-bond acceptors (Lipinski definition) is 2. The Balaban J connectivity index is 1.98. The lowest BCUT2D eigenvalue weighted by Gasteiger charge is -2.11. The van der Waals surface area contributed by atoms with Crippen LogP contribution in [0, 0.1) is 37.9 Å². The van der Waals surface area contributed by atoms with E-state index in [1.165, 1.54) is 12.1 Å². The van der Waals surface area contributed by atoms with Crippen molar-refractivity contribution in [3.8, 4) is 11.8 Å². The molecule has 2 aromatic carbocycles. The predicted molar refractivity (Wildman–Crippen MR) is 121 cm³/mol. The maximum Gasteiger partial charge on any atom is 0.266 e. The van der Waals surface area contributed by atoms with Gasteiger partial charge in [0.15, 0.2) is 0 Å². The zero-order valence-electron chi connectivity index (χ0n) is 16.6. The first-order chi connectivity index (χ1) is 14.2. The zero-order valence-corrected chi connectivity index (χ0v) is 18.9. The van der Waals surface area contributed by atoms with E-state index < -0.39 is 5.91 Å². The lowest BCUT2D eigenvalue weighted by atomic mass is 10.1. The molecule has 1 amide bonds. The third-order valence-electron chi connectivity index (χ3n) is 4.73. The molecule has 0 atom stereocenters. The molecule has 0 radical (unpaired) electrons. The summed E-state index contributed by atoms with van der Waals surface area (Å²) in [6.07, 6.45) is 1.50. The monoisotopic (exact) mass is 485 g/mol. The molecule has 0 fully saturated rings. The number of carbonyl (C=O) groups is 1. The van der Waals surface area contributed by atoms with Crippen LogP contribution in [0.4, 0.5) is 10.1 Å². The van der Waals surface area contributed by atoms with Crippen LogP contribution in [0.1, 0.15) is 22.5 Å². The van der Waals surface area contributed by atoms with Gasteiger partial charge in [-0.15, -0.1) is 0 Å². The average Bonchev–Trinajstić information content (AvgIpc) is 2.96. The van der Waals surface area contributed by atoms with Gasteiger partial charge in [0, 0.05) is 26.6 Å². The summed E-state index contributed by atoms with van der Waals surface area (Å²) in [5, 5.41) is 12.7. The summed E-state index contributed by atoms with van der Waals surface area (Å²) >= 11 is 9.26. The molecule has 0 saturated carbocycles. The van der Waals surface area contributed by atoms with Crippen molar-refractivity contribution >= 4 is 45.2 Å². The molecule has 7 heteroatoms. The van der Waals surface area contributed by atoms with Gasteiger partial charge in [-0.3, -0.25) is 4.79 Å². The lowest BCUT2D eigenvalue weighted by Crippen LogP contribution is -2.14. The second kappa shape index (κ2) is 8.86. The Morgan fingerprint density at radius 2 is 1.93 bits per heavy atom. The Morgan fingerprint density at radius 3 is 2.60 bits per heavy atom. The van der Waals surface area contributed by atoms with Crippen molar-refractivity contribution < 1.29 is 9.18 Å². The molecule has 30 heavy (non-hydrogen) atoms. The number of nitrogens with zero attached hydrogens (tertiary/aromatic N) is 2. The summed E-state index contributed by atoms with van der Waals surface area (Å²) in [6, 6.07) is 13.7. The maximum absolute atomic E-state index is 14.5. The third-order valence-corrected chi connectivity index (χ3v) is 5.46. The van der Waals surface area contributed by atoms with E-state index in [9.17, 15) is 14.4 Å². The van der Waals surface area contributed by atoms with Gasteiger partial charge in [0.1, 0.15) is 17.5 Å². The average molecular weight is 487 g/mol. The molecule has 4 nitrogen and oxygen atoms in total. The summed E-state index contributed by atoms with van der Waals surface area (Å²) in [5.41, 5.74) is 3.85. The van der Waals surface area contributed by atoms with Crippen LogP contribution in [0.5, 0.6) is 0 Å². The molecule has 3 aromatic rings. The fraction of sp³-hybridized carbons (Fsp3) is 0.130. The summed E-state index contributed by atoms with van der Waals surface area (Å²) in [7, 11) is 0. The molecule has 0 aliphatic carbocycles. The number of nitriles is 1. The van der Waals surface area contributed by atoms with Gasteiger partial charge in [-0.25, -0.2) is 4.39 Å². The normalized spacial score (nSPS) is 11.3. The van der Waals surface area contributed by atoms with Crippen molar-refractivity contribution in [2.24, 2.45) is 0 Å². The molecule has 0 spiro atoms. The lowest BCUT2D eigenvalue weighted by molar-refractivity contribution is -0.112. The molecule has 0 aliphatic rings. The van der Waals surface area contributed by atoms with Crippen LogP contribution >= 0.6 is 27.5 Å². The largest absolute Gasteiger partial charge is 0.321 e. The van der Waals surface area contributed by atoms with E-state index in [0.717, 1.165) is 11.3 Å². The van der Waals surface area contributed by atoms with Crippen molar-refractivity contribution in [2.45, 2.75) is 20.8 Å². The minimum Gasteiger partial charge on any atom is -0.321 e. The van der Waals surface area contributed by atoms with Gasteiger partial charge in [-0.05, 0) is 74.4 Å². The summed E-state index contributed by atoms with van der Waals surface area (Å²) in [5.74, 6) is -0.918. The Hall–Kier alpha value is -2.88. The quantitative estimate of drug-likeness (QED) is 0.338. The molecule has 1 aromatic heterocycles. The summed E-state index contributed by atoms with van der Waals surface area (Å²) in [4.78, 5) is 12.7. The van der Waals surface area contributed by atoms with E-state index >= 15 is 0 Å². The van der Waals surface area contributed by atoms with Gasteiger partial charge in [0.25, 0.3) is 5.91 Å². The third kappa shape index (κ3) is 4.48. The topological polar surface area (TPSA) is 57.8 Å². The molecular formula is C23H18BrClFN3O. The van der Waals surface area contributed by atoms with Crippen molar-refractivity contribution in [1.29, 1.82) is 5.26 Å². The molecule has 0 saturated heterocycles. The Bertz CT molecular complexity index is 1220. The smallest absolute Gasteiger partial charge is 0.266 e. The molecule has 1 heterocycles. The van der Waals surface area contributed by atoms with E-state index in [1.54, 1.807) is 34.9 Å². The second-order valence-electron chi connectivity index (χ2n) is 6.84. The van der Waals surface area contributed by atoms with Crippen LogP contribution in [-0.4, -0.2) is 10.5 Å². The number of hydrogen-bond donors (Lipinski definition) is 1. The number of aromatic nitrogens is 1. The molecule has 1 N–H and O–H groups in total. The fourth-order valence-electron chi connectivity index (χ4n) is 3.19. The van der Waals surface area contributed by atoms with Crippen molar-refractivity contribution in [3.05, 3.63) is 85.9 Å². The van der Waals surface area contributed by atoms with E-state index in [2.05, 4.69) is 21.2 Å². The van der Waals surface area contributed by atoms with Gasteiger partial charge >= 0.3 is 0 Å². The summed E-state index contributed by atoms with van der Waals surface area (Å²) in [6.45, 7) is 5.49. The molecule has 0 unspecified atom stereocenters. The molecule has 3 rings (SSSR count). The van der Waals surface area contributed by atoms with Crippen LogP contribution in [0.25, 0.3) is 11.8 Å². The van der Waals surface area contributed by atoms with Crippen LogP contribution in [0.2, 0.25) is 5.02 Å². The predicted octanol–water partition coefficient (Wildman–Crippen LogP) is 6.50. The molecule has 0 aliphatic heterocycles. The number of rotatable bonds is 4. The van der Waals surface area contributed by atoms with Gasteiger partial charge in [0.05, 0.1) is 5.69 Å². The number of anilines is 1. The fourth-order valence-corrected chi connectivity index (χ4v) is 3.69. The van der Waals surface area contributed by atoms with Crippen molar-refractivity contribution in [3.63, 3.8) is 0 Å². The van der Waals surface area contributed by atoms with E-state index in [1.807, 2.05) is 32.9 Å². The van der Waals surface area contributed by atoms with Crippen LogP contribution in [0.15, 0.2) is 52.5 Å². The standard InChI is InChI=1S/C23H18BrClFN3O/c1-13-4-6-19(25)11-21(13)28-23(30)17(12-27)9-16-8-14(2)29(15(16)3)22-7-5-18(24)10-20(22)26/h4-11H,1-3H3,(H,28,30). The number of halogens is 3. The Kier molecular flexibility index (Phi) is 6.45. The first-order valence-electron chi connectivity index (χ1n) is 9.05. The minimum atomic E-state index is -0.539. The zero-order chi connectivity index (χ0) is 22.0. The van der Waals surface area contributed by atoms with E-state index in [0.29, 0.717) is 32.1 Å². The second-order valence-corrected chi connectivity index (χ2v) is 8.19. The van der Waals surface area contributed by atoms with E-state index in [-0.39, 0.29) is 11.4 Å². The molecule has 0 bridgehead atoms. The highest BCUT2D eigenvalue weighted by atomic mass is 79.9. The van der Waals surface area contributed by atoms with Crippen LogP contribution < -0.4 is 5.32 Å². The van der Waals surface area contributed by atoms with E-state index in [4.69, 9.17) is 11.6 Å². The van der Waals surface area contributed by atoms with Crippen LogP contribution in [-0.2, 0) is 4.79 Å². The number of amides is 1. The van der Waals surface area contributed by atoms with Gasteiger partial charge in [-0.1, -0.05) is 33.6 Å². The van der Waals surface area contributed by atoms with Crippen LogP contribution in [0.3, 0.4) is 0 Å². The molecular weight excluding hydrogens is 469 g/mol. The highest BCUT2D eigenvalue weighted by molar-refractivity contribution is 9.10. The summed E-state index contributed by atoms with van der Waals surface area (Å²) < 4.78 is 16.9. The van der Waals surface area contributed by atoms with Crippen molar-refractivity contribution in [2.75, 3.05) is 5.32 Å². The maximum atomic E-state index is 14.5. The first kappa shape index (κ1) is 21.8. The first-order valence-corrected chi connectivity index (χ1v) is 10.2. The highest BCUT2D eigenvalue weighted by Gasteiger charge is 2.16. The highest BCUT2D eigenvalue weighted by Crippen LogP contribution is 2.27. The Morgan fingerprint density at radius 1 is 1.20 bits per heavy atom. The number of carbonyl (C=O) groups excluding carboxylic acids is 1. The SMILES string of the molecule is Cc1ccc(Cl)cc1NC(=O)C(C#N)=Cc1cc(C)n(-c2ccc(Br)cc2F)c1C. The number of aryl methyl sites for hydroxylation is 2. The number of benzene rings is 2. The van der Waals surface area contributed by atoms with Gasteiger partial charge in [0.2, 0.25) is 0 Å². The minimum absolute atomic E-state index is 0.0640. The van der Waals surface area contributed by atoms with Crippen molar-refractivity contribution in [1.82, 2.24) is 4.57 Å². The number of nitrogens with one attached hydrogen (secondary N) is 1. The van der Waals surface area contributed by atoms with Gasteiger partial charge in [-0.2, -0.15) is 5.26 Å². The van der Waals surface area contributed by atoms with Gasteiger partial charge < -0.3 is 9.88 Å². The molecule has 152 valence electrons.